The Labute approximate surface area is 95.5 Å². The van der Waals surface area contributed by atoms with Gasteiger partial charge in [0.05, 0.1) is 0 Å². The second kappa shape index (κ2) is 17.2. The number of rotatable bonds is 6. The van der Waals surface area contributed by atoms with E-state index in [0.717, 1.165) is 6.42 Å². The van der Waals surface area contributed by atoms with Crippen LogP contribution in [0, 0.1) is 0 Å². The zero-order valence-electron chi connectivity index (χ0n) is 9.51. The first-order valence-corrected chi connectivity index (χ1v) is 4.02. The van der Waals surface area contributed by atoms with Gasteiger partial charge in [0.25, 0.3) is 0 Å². The molecule has 0 aromatic carbocycles. The molecule has 0 saturated carbocycles. The third-order valence-electron chi connectivity index (χ3n) is 1.51. The molecule has 0 aliphatic carbocycles. The van der Waals surface area contributed by atoms with Gasteiger partial charge in [-0.3, -0.25) is 0 Å². The second-order valence-corrected chi connectivity index (χ2v) is 2.49. The Balaban J connectivity index is -0.0000000533. The minimum absolute atomic E-state index is 0. The first-order valence-electron chi connectivity index (χ1n) is 4.02. The first kappa shape index (κ1) is 17.9. The first-order chi connectivity index (χ1) is 4.41. The summed E-state index contributed by atoms with van der Waals surface area (Å²) in [7, 11) is 0. The Kier molecular flexibility index (Phi) is 28.0. The third kappa shape index (κ3) is 18.2. The van der Waals surface area contributed by atoms with Crippen LogP contribution in [-0.2, 0) is 0 Å². The van der Waals surface area contributed by atoms with E-state index >= 15 is 0 Å². The predicted octanol–water partition coefficient (Wildman–Crippen LogP) is 2.61. The molecule has 0 aromatic heterocycles. The van der Waals surface area contributed by atoms with Crippen LogP contribution in [0.5, 0.6) is 0 Å². The van der Waals surface area contributed by atoms with Gasteiger partial charge in [-0.1, -0.05) is 39.0 Å². The van der Waals surface area contributed by atoms with Crippen molar-refractivity contribution in [2.24, 2.45) is 0 Å². The largest absolute Gasteiger partial charge is 2.00 e. The standard InChI is InChI=1S/C8H18O.ClH.Mg.2H/c1-2-3-4-5-6-7-8-9;;;;/h9H,2-8H2,1H3;1H;;;/q;;+2;2*-1. The molecule has 1 N–H and O–H groups in total. The van der Waals surface area contributed by atoms with Crippen LogP contribution in [0.4, 0.5) is 0 Å². The molecule has 0 radical (unpaired) electrons. The molecular weight excluding hydrogens is 172 g/mol. The minimum atomic E-state index is 0. The van der Waals surface area contributed by atoms with Crippen molar-refractivity contribution in [1.82, 2.24) is 0 Å². The van der Waals surface area contributed by atoms with Gasteiger partial charge in [0.15, 0.2) is 0 Å². The molecule has 0 amide bonds. The summed E-state index contributed by atoms with van der Waals surface area (Å²) in [4.78, 5) is 0. The van der Waals surface area contributed by atoms with Crippen LogP contribution in [0.15, 0.2) is 0 Å². The summed E-state index contributed by atoms with van der Waals surface area (Å²) >= 11 is 0. The molecule has 3 heteroatoms. The predicted molar refractivity (Wildman–Crippen MR) is 55.7 cm³/mol. The maximum Gasteiger partial charge on any atom is 2.00 e. The van der Waals surface area contributed by atoms with Gasteiger partial charge in [-0.25, -0.2) is 0 Å². The molecule has 0 aliphatic heterocycles. The van der Waals surface area contributed by atoms with E-state index in [-0.39, 0.29) is 38.3 Å². The molecule has 0 aromatic rings. The van der Waals surface area contributed by atoms with Gasteiger partial charge in [0.2, 0.25) is 0 Å². The third-order valence-corrected chi connectivity index (χ3v) is 1.51. The summed E-state index contributed by atoms with van der Waals surface area (Å²) in [5, 5.41) is 8.42. The second-order valence-electron chi connectivity index (χ2n) is 2.49. The van der Waals surface area contributed by atoms with Crippen LogP contribution in [0.25, 0.3) is 0 Å². The van der Waals surface area contributed by atoms with E-state index < -0.39 is 0 Å². The van der Waals surface area contributed by atoms with E-state index in [1.54, 1.807) is 0 Å². The minimum Gasteiger partial charge on any atom is -1.00 e. The number of halogens is 1. The van der Waals surface area contributed by atoms with E-state index in [0.29, 0.717) is 6.61 Å². The molecule has 0 atom stereocenters. The van der Waals surface area contributed by atoms with E-state index in [1.165, 1.54) is 32.1 Å². The summed E-state index contributed by atoms with van der Waals surface area (Å²) < 4.78 is 0. The van der Waals surface area contributed by atoms with Crippen molar-refractivity contribution in [1.29, 1.82) is 0 Å². The van der Waals surface area contributed by atoms with Crippen LogP contribution in [0.2, 0.25) is 0 Å². The van der Waals surface area contributed by atoms with Gasteiger partial charge in [-0.15, -0.1) is 12.4 Å². The molecule has 0 bridgehead atoms. The van der Waals surface area contributed by atoms with Crippen molar-refractivity contribution >= 4 is 35.5 Å². The maximum absolute atomic E-state index is 8.42. The maximum atomic E-state index is 8.42. The Hall–Kier alpha value is 1.02. The van der Waals surface area contributed by atoms with Gasteiger partial charge < -0.3 is 7.96 Å². The number of aliphatic hydroxyl groups excluding tert-OH is 1. The van der Waals surface area contributed by atoms with Gasteiger partial charge in [-0.2, -0.15) is 0 Å². The van der Waals surface area contributed by atoms with Crippen LogP contribution in [0.1, 0.15) is 48.3 Å². The summed E-state index contributed by atoms with van der Waals surface area (Å²) in [5.41, 5.74) is 0. The molecule has 0 aliphatic rings. The van der Waals surface area contributed by atoms with E-state index in [4.69, 9.17) is 5.11 Å². The van der Waals surface area contributed by atoms with Gasteiger partial charge in [-0.05, 0) is 6.42 Å². The van der Waals surface area contributed by atoms with Crippen LogP contribution in [0.3, 0.4) is 0 Å². The fourth-order valence-electron chi connectivity index (χ4n) is 0.892. The summed E-state index contributed by atoms with van der Waals surface area (Å²) in [6, 6.07) is 0. The van der Waals surface area contributed by atoms with Crippen molar-refractivity contribution in [3.05, 3.63) is 0 Å². The molecule has 0 fully saturated rings. The SMILES string of the molecule is CCCCCCCCO.Cl.[H-].[H-].[Mg+2]. The smallest absolute Gasteiger partial charge is 1.00 e. The average molecular weight is 193 g/mol. The van der Waals surface area contributed by atoms with Crippen LogP contribution in [-0.4, -0.2) is 34.8 Å². The topological polar surface area (TPSA) is 20.2 Å². The number of hydrogen-bond donors (Lipinski definition) is 1. The number of aliphatic hydroxyl groups is 1. The quantitative estimate of drug-likeness (QED) is 0.507. The van der Waals surface area contributed by atoms with Crippen molar-refractivity contribution < 1.29 is 7.96 Å². The van der Waals surface area contributed by atoms with Crippen molar-refractivity contribution in [3.8, 4) is 0 Å². The molecule has 0 heterocycles. The van der Waals surface area contributed by atoms with E-state index in [9.17, 15) is 0 Å². The average Bonchev–Trinajstić information content (AvgIpc) is 1.89. The molecule has 11 heavy (non-hydrogen) atoms. The zero-order valence-corrected chi connectivity index (χ0v) is 9.74. The summed E-state index contributed by atoms with van der Waals surface area (Å²) in [5.74, 6) is 0. The van der Waals surface area contributed by atoms with E-state index in [1.807, 2.05) is 0 Å². The molecule has 68 valence electrons. The zero-order chi connectivity index (χ0) is 6.95. The molecule has 1 nitrogen and oxygen atoms in total. The van der Waals surface area contributed by atoms with Crippen LogP contribution >= 0.6 is 12.4 Å². The molecule has 0 rings (SSSR count). The molecule has 0 spiro atoms. The fraction of sp³-hybridized carbons (Fsp3) is 1.00. The van der Waals surface area contributed by atoms with Crippen molar-refractivity contribution in [2.75, 3.05) is 6.61 Å². The Bertz CT molecular complexity index is 55.4. The van der Waals surface area contributed by atoms with Gasteiger partial charge >= 0.3 is 23.1 Å². The normalized spacial score (nSPS) is 8.18. The Morgan fingerprint density at radius 1 is 1.00 bits per heavy atom. The van der Waals surface area contributed by atoms with Gasteiger partial charge in [0, 0.05) is 6.61 Å². The fourth-order valence-corrected chi connectivity index (χ4v) is 0.892. The van der Waals surface area contributed by atoms with Gasteiger partial charge in [0.1, 0.15) is 0 Å². The summed E-state index contributed by atoms with van der Waals surface area (Å²) in [6.07, 6.45) is 7.50. The number of hydrogen-bond acceptors (Lipinski definition) is 1. The monoisotopic (exact) mass is 192 g/mol. The molecule has 0 unspecified atom stereocenters. The number of unbranched alkanes of at least 4 members (excludes halogenated alkanes) is 5. The van der Waals surface area contributed by atoms with Crippen LogP contribution < -0.4 is 0 Å². The van der Waals surface area contributed by atoms with Crippen molar-refractivity contribution in [2.45, 2.75) is 45.4 Å². The van der Waals surface area contributed by atoms with E-state index in [2.05, 4.69) is 6.92 Å². The Morgan fingerprint density at radius 3 is 1.91 bits per heavy atom. The Morgan fingerprint density at radius 2 is 1.45 bits per heavy atom. The van der Waals surface area contributed by atoms with Crippen molar-refractivity contribution in [3.63, 3.8) is 0 Å². The summed E-state index contributed by atoms with van der Waals surface area (Å²) in [6.45, 7) is 2.58. The molecule has 0 saturated heterocycles. The molecular formula is C8H21ClMgO.